The van der Waals surface area contributed by atoms with Crippen LogP contribution in [0.2, 0.25) is 0 Å². The second kappa shape index (κ2) is 46.3. The average molecular weight is 765 g/mol. The molecule has 1 atom stereocenters. The summed E-state index contributed by atoms with van der Waals surface area (Å²) in [4.78, 5) is 25.1. The Kier molecular flexibility index (Phi) is 45.3. The zero-order chi connectivity index (χ0) is 39.3. The smallest absolute Gasteiger partial charge is 0.306 e. The first-order chi connectivity index (χ1) is 26.6. The third-order valence-corrected chi connectivity index (χ3v) is 11.1. The molecule has 0 aliphatic carbocycles. The molecule has 0 fully saturated rings. The topological polar surface area (TPSA) is 61.8 Å². The Labute approximate surface area is 338 Å². The van der Waals surface area contributed by atoms with Crippen LogP contribution in [0.4, 0.5) is 0 Å². The summed E-state index contributed by atoms with van der Waals surface area (Å²) in [7, 11) is 0. The van der Waals surface area contributed by atoms with Crippen LogP contribution in [0, 0.1) is 0 Å². The number of hydrogen-bond donors (Lipinski definition) is 0. The van der Waals surface area contributed by atoms with Crippen molar-refractivity contribution < 1.29 is 23.8 Å². The molecule has 0 N–H and O–H groups in total. The molecule has 0 bridgehead atoms. The zero-order valence-electron chi connectivity index (χ0n) is 37.0. The van der Waals surface area contributed by atoms with E-state index >= 15 is 0 Å². The highest BCUT2D eigenvalue weighted by Gasteiger charge is 2.17. The fraction of sp³-hybridized carbons (Fsp3) is 0.959. The first-order valence-corrected chi connectivity index (χ1v) is 24.6. The summed E-state index contributed by atoms with van der Waals surface area (Å²) in [5.41, 5.74) is 0. The lowest BCUT2D eigenvalue weighted by atomic mass is 10.0. The van der Waals surface area contributed by atoms with E-state index < -0.39 is 6.10 Å². The van der Waals surface area contributed by atoms with E-state index in [1.54, 1.807) is 0 Å². The Hall–Kier alpha value is -1.10. The molecule has 0 spiro atoms. The summed E-state index contributed by atoms with van der Waals surface area (Å²) < 4.78 is 17.3. The van der Waals surface area contributed by atoms with E-state index in [9.17, 15) is 9.59 Å². The van der Waals surface area contributed by atoms with Crippen LogP contribution < -0.4 is 0 Å². The molecule has 0 aromatic heterocycles. The Balaban J connectivity index is 4.03. The minimum absolute atomic E-state index is 0.0962. The Morgan fingerprint density at radius 3 is 0.944 bits per heavy atom. The lowest BCUT2D eigenvalue weighted by Gasteiger charge is -2.18. The van der Waals surface area contributed by atoms with E-state index in [2.05, 4.69) is 20.8 Å². The fourth-order valence-corrected chi connectivity index (χ4v) is 7.45. The molecule has 0 aromatic rings. The van der Waals surface area contributed by atoms with Crippen LogP contribution >= 0.6 is 0 Å². The van der Waals surface area contributed by atoms with Crippen LogP contribution in [0.15, 0.2) is 0 Å². The molecule has 0 rings (SSSR count). The third kappa shape index (κ3) is 43.6. The quantitative estimate of drug-likeness (QED) is 0.0456. The number of hydrogen-bond acceptors (Lipinski definition) is 5. The molecule has 0 amide bonds. The second-order valence-corrected chi connectivity index (χ2v) is 16.7. The molecule has 0 aliphatic rings. The largest absolute Gasteiger partial charge is 0.462 e. The van der Waals surface area contributed by atoms with Gasteiger partial charge in [-0.05, 0) is 19.3 Å². The molecule has 0 aromatic carbocycles. The van der Waals surface area contributed by atoms with Gasteiger partial charge in [0.05, 0.1) is 6.61 Å². The number of esters is 2. The van der Waals surface area contributed by atoms with Gasteiger partial charge in [0.1, 0.15) is 6.61 Å². The summed E-state index contributed by atoms with van der Waals surface area (Å²) in [5, 5.41) is 0. The van der Waals surface area contributed by atoms with Gasteiger partial charge in [0.15, 0.2) is 6.10 Å². The van der Waals surface area contributed by atoms with Gasteiger partial charge in [-0.25, -0.2) is 0 Å². The highest BCUT2D eigenvalue weighted by molar-refractivity contribution is 5.70. The normalized spacial score (nSPS) is 12.0. The molecule has 0 heterocycles. The summed E-state index contributed by atoms with van der Waals surface area (Å²) in [6, 6.07) is 0. The maximum absolute atomic E-state index is 12.7. The number of ether oxygens (including phenoxy) is 3. The SMILES string of the molecule is CCCCCCCCCCCCCCCCCCCCCCOCC(COC(=O)CCCCCCCCCCC)OC(=O)CCCCCCCCCCC. The van der Waals surface area contributed by atoms with Crippen LogP contribution in [0.1, 0.15) is 278 Å². The van der Waals surface area contributed by atoms with Crippen LogP contribution in [-0.2, 0) is 23.8 Å². The minimum atomic E-state index is -0.520. The van der Waals surface area contributed by atoms with Gasteiger partial charge in [-0.15, -0.1) is 0 Å². The molecular formula is C49H96O5. The number of carbonyl (C=O) groups excluding carboxylic acids is 2. The number of unbranched alkanes of at least 4 members (excludes halogenated alkanes) is 35. The summed E-state index contributed by atoms with van der Waals surface area (Å²) >= 11 is 0. The first-order valence-electron chi connectivity index (χ1n) is 24.6. The average Bonchev–Trinajstić information content (AvgIpc) is 3.17. The van der Waals surface area contributed by atoms with Gasteiger partial charge in [-0.2, -0.15) is 0 Å². The Bertz CT molecular complexity index is 740. The molecule has 0 saturated heterocycles. The van der Waals surface area contributed by atoms with Gasteiger partial charge in [-0.3, -0.25) is 9.59 Å². The van der Waals surface area contributed by atoms with Crippen molar-refractivity contribution in [2.75, 3.05) is 19.8 Å². The molecule has 0 radical (unpaired) electrons. The lowest BCUT2D eigenvalue weighted by Crippen LogP contribution is -2.30. The zero-order valence-corrected chi connectivity index (χ0v) is 37.0. The van der Waals surface area contributed by atoms with Crippen LogP contribution in [0.25, 0.3) is 0 Å². The predicted octanol–water partition coefficient (Wildman–Crippen LogP) is 16.1. The second-order valence-electron chi connectivity index (χ2n) is 16.7. The monoisotopic (exact) mass is 765 g/mol. The molecule has 0 saturated carbocycles. The summed E-state index contributed by atoms with van der Waals surface area (Å²) in [6.07, 6.45) is 49.8. The molecule has 5 nitrogen and oxygen atoms in total. The van der Waals surface area contributed by atoms with Crippen LogP contribution in [0.3, 0.4) is 0 Å². The van der Waals surface area contributed by atoms with Gasteiger partial charge in [0.25, 0.3) is 0 Å². The van der Waals surface area contributed by atoms with E-state index in [1.807, 2.05) is 0 Å². The molecule has 0 aliphatic heterocycles. The van der Waals surface area contributed by atoms with Crippen molar-refractivity contribution in [1.82, 2.24) is 0 Å². The number of rotatable bonds is 46. The van der Waals surface area contributed by atoms with E-state index in [1.165, 1.54) is 212 Å². The lowest BCUT2D eigenvalue weighted by molar-refractivity contribution is -0.163. The fourth-order valence-electron chi connectivity index (χ4n) is 7.45. The van der Waals surface area contributed by atoms with Crippen LogP contribution in [0.5, 0.6) is 0 Å². The Morgan fingerprint density at radius 1 is 0.333 bits per heavy atom. The van der Waals surface area contributed by atoms with Gasteiger partial charge < -0.3 is 14.2 Å². The van der Waals surface area contributed by atoms with Crippen molar-refractivity contribution in [2.45, 2.75) is 284 Å². The molecular weight excluding hydrogens is 669 g/mol. The number of carbonyl (C=O) groups is 2. The van der Waals surface area contributed by atoms with Crippen molar-refractivity contribution in [3.63, 3.8) is 0 Å². The molecule has 5 heteroatoms. The maximum Gasteiger partial charge on any atom is 0.306 e. The highest BCUT2D eigenvalue weighted by Crippen LogP contribution is 2.16. The van der Waals surface area contributed by atoms with Crippen LogP contribution in [-0.4, -0.2) is 37.9 Å². The summed E-state index contributed by atoms with van der Waals surface area (Å²) in [5.74, 6) is -0.382. The van der Waals surface area contributed by atoms with Crippen molar-refractivity contribution in [1.29, 1.82) is 0 Å². The van der Waals surface area contributed by atoms with Gasteiger partial charge >= 0.3 is 11.9 Å². The van der Waals surface area contributed by atoms with Gasteiger partial charge in [-0.1, -0.05) is 245 Å². The van der Waals surface area contributed by atoms with Crippen molar-refractivity contribution >= 4 is 11.9 Å². The van der Waals surface area contributed by atoms with Gasteiger partial charge in [0.2, 0.25) is 0 Å². The third-order valence-electron chi connectivity index (χ3n) is 11.1. The van der Waals surface area contributed by atoms with Gasteiger partial charge in [0, 0.05) is 19.4 Å². The van der Waals surface area contributed by atoms with E-state index in [0.717, 1.165) is 32.1 Å². The van der Waals surface area contributed by atoms with Crippen molar-refractivity contribution in [3.8, 4) is 0 Å². The standard InChI is InChI=1S/C49H96O5/c1-4-7-10-13-16-19-20-21-22-23-24-25-26-27-28-29-32-35-38-41-44-52-45-47(54-49(51)43-40-37-34-31-18-15-12-9-6-3)46-53-48(50)42-39-36-33-30-17-14-11-8-5-2/h47H,4-46H2,1-3H3. The summed E-state index contributed by atoms with van der Waals surface area (Å²) in [6.45, 7) is 7.86. The Morgan fingerprint density at radius 2 is 0.611 bits per heavy atom. The molecule has 1 unspecified atom stereocenters. The van der Waals surface area contributed by atoms with E-state index in [4.69, 9.17) is 14.2 Å². The molecule has 322 valence electrons. The predicted molar refractivity (Wildman–Crippen MR) is 233 cm³/mol. The first kappa shape index (κ1) is 52.9. The highest BCUT2D eigenvalue weighted by atomic mass is 16.6. The molecule has 54 heavy (non-hydrogen) atoms. The maximum atomic E-state index is 12.7. The van der Waals surface area contributed by atoms with Crippen molar-refractivity contribution in [3.05, 3.63) is 0 Å². The van der Waals surface area contributed by atoms with E-state index in [0.29, 0.717) is 26.1 Å². The minimum Gasteiger partial charge on any atom is -0.462 e. The van der Waals surface area contributed by atoms with E-state index in [-0.39, 0.29) is 18.5 Å². The van der Waals surface area contributed by atoms with Crippen molar-refractivity contribution in [2.24, 2.45) is 0 Å².